The lowest BCUT2D eigenvalue weighted by molar-refractivity contribution is 0.128. The fraction of sp³-hybridized carbons (Fsp3) is 0.200. The normalized spacial score (nSPS) is 11.0. The van der Waals surface area contributed by atoms with Crippen molar-refractivity contribution < 1.29 is 4.74 Å². The van der Waals surface area contributed by atoms with E-state index >= 15 is 0 Å². The molecule has 108 valence electrons. The van der Waals surface area contributed by atoms with Crippen LogP contribution in [0.1, 0.15) is 12.7 Å². The van der Waals surface area contributed by atoms with E-state index in [-0.39, 0.29) is 0 Å². The number of thiophene rings is 1. The molecule has 6 heteroatoms. The number of fused-ring (bicyclic) bond motifs is 1. The number of nitrogens with two attached hydrogens (primary N) is 1. The number of hydrogen-bond acceptors (Lipinski definition) is 6. The molecule has 1 aromatic carbocycles. The highest BCUT2D eigenvalue weighted by atomic mass is 32.1. The van der Waals surface area contributed by atoms with Crippen LogP contribution < -0.4 is 11.3 Å². The van der Waals surface area contributed by atoms with Crippen LogP contribution in [-0.2, 0) is 11.3 Å². The maximum Gasteiger partial charge on any atom is 0.158 e. The molecule has 3 aromatic rings. The van der Waals surface area contributed by atoms with Gasteiger partial charge in [-0.15, -0.1) is 11.3 Å². The van der Waals surface area contributed by atoms with Gasteiger partial charge in [-0.3, -0.25) is 0 Å². The van der Waals surface area contributed by atoms with Crippen LogP contribution in [0.5, 0.6) is 0 Å². The van der Waals surface area contributed by atoms with Crippen LogP contribution in [0, 0.1) is 0 Å². The highest BCUT2D eigenvalue weighted by Gasteiger charge is 2.14. The van der Waals surface area contributed by atoms with E-state index in [9.17, 15) is 0 Å². The molecule has 0 saturated heterocycles. The lowest BCUT2D eigenvalue weighted by atomic mass is 10.1. The predicted molar refractivity (Wildman–Crippen MR) is 86.0 cm³/mol. The Balaban J connectivity index is 2.13. The van der Waals surface area contributed by atoms with Crippen LogP contribution in [0.2, 0.25) is 0 Å². The zero-order valence-corrected chi connectivity index (χ0v) is 12.5. The van der Waals surface area contributed by atoms with Crippen molar-refractivity contribution in [3.63, 3.8) is 0 Å². The molecule has 0 aliphatic carbocycles. The molecule has 3 rings (SSSR count). The summed E-state index contributed by atoms with van der Waals surface area (Å²) in [6.07, 6.45) is 0. The third kappa shape index (κ3) is 2.73. The van der Waals surface area contributed by atoms with Gasteiger partial charge in [0.1, 0.15) is 11.4 Å². The first-order valence-corrected chi connectivity index (χ1v) is 7.59. The molecule has 0 atom stereocenters. The van der Waals surface area contributed by atoms with Gasteiger partial charge < -0.3 is 10.2 Å². The zero-order valence-electron chi connectivity index (χ0n) is 11.7. The van der Waals surface area contributed by atoms with Crippen molar-refractivity contribution in [2.24, 2.45) is 5.84 Å². The van der Waals surface area contributed by atoms with Crippen molar-refractivity contribution in [2.75, 3.05) is 12.0 Å². The van der Waals surface area contributed by atoms with Gasteiger partial charge in [0.05, 0.1) is 5.39 Å². The summed E-state index contributed by atoms with van der Waals surface area (Å²) >= 11 is 1.58. The van der Waals surface area contributed by atoms with E-state index in [0.717, 1.165) is 21.3 Å². The first-order valence-electron chi connectivity index (χ1n) is 6.71. The number of nitrogens with one attached hydrogen (secondary N) is 1. The fourth-order valence-corrected chi connectivity index (χ4v) is 3.14. The Labute approximate surface area is 126 Å². The number of rotatable bonds is 5. The van der Waals surface area contributed by atoms with Gasteiger partial charge in [0, 0.05) is 17.6 Å². The van der Waals surface area contributed by atoms with E-state index < -0.39 is 0 Å². The van der Waals surface area contributed by atoms with Crippen LogP contribution in [-0.4, -0.2) is 16.6 Å². The summed E-state index contributed by atoms with van der Waals surface area (Å²) < 4.78 is 5.37. The molecule has 0 saturated carbocycles. The number of benzene rings is 1. The van der Waals surface area contributed by atoms with Gasteiger partial charge in [0.25, 0.3) is 0 Å². The summed E-state index contributed by atoms with van der Waals surface area (Å²) in [5.74, 6) is 6.91. The molecule has 0 unspecified atom stereocenters. The number of hydrazine groups is 1. The minimum absolute atomic E-state index is 0.389. The lowest BCUT2D eigenvalue weighted by Gasteiger charge is -2.07. The van der Waals surface area contributed by atoms with E-state index in [1.165, 1.54) is 0 Å². The van der Waals surface area contributed by atoms with Crippen molar-refractivity contribution in [1.29, 1.82) is 0 Å². The topological polar surface area (TPSA) is 73.1 Å². The van der Waals surface area contributed by atoms with Gasteiger partial charge in [-0.25, -0.2) is 15.8 Å². The second-order valence-corrected chi connectivity index (χ2v) is 5.32. The second-order valence-electron chi connectivity index (χ2n) is 4.47. The third-order valence-electron chi connectivity index (χ3n) is 3.14. The standard InChI is InChI=1S/C15H16N4OS/c1-2-20-8-12-17-14(19-16)13-11(9-21-15(13)18-12)10-6-4-3-5-7-10/h3-7,9H,2,8,16H2,1H3,(H,17,18,19). The molecule has 5 nitrogen and oxygen atoms in total. The monoisotopic (exact) mass is 300 g/mol. The number of nitrogens with zero attached hydrogens (tertiary/aromatic N) is 2. The maximum atomic E-state index is 5.64. The number of ether oxygens (including phenoxy) is 1. The second kappa shape index (κ2) is 6.17. The Bertz CT molecular complexity index is 742. The Morgan fingerprint density at radius 2 is 2.05 bits per heavy atom. The number of nitrogen functional groups attached to an aromatic ring is 1. The predicted octanol–water partition coefficient (Wildman–Crippen LogP) is 3.18. The number of hydrogen-bond donors (Lipinski definition) is 2. The van der Waals surface area contributed by atoms with Gasteiger partial charge in [0.2, 0.25) is 0 Å². The molecular weight excluding hydrogens is 284 g/mol. The van der Waals surface area contributed by atoms with E-state index in [4.69, 9.17) is 10.6 Å². The SMILES string of the molecule is CCOCc1nc(NN)c2c(-c3ccccc3)csc2n1. The van der Waals surface area contributed by atoms with Crippen LogP contribution in [0.4, 0.5) is 5.82 Å². The molecular formula is C15H16N4OS. The molecule has 0 amide bonds. The van der Waals surface area contributed by atoms with Gasteiger partial charge in [0.15, 0.2) is 11.6 Å². The van der Waals surface area contributed by atoms with Gasteiger partial charge in [-0.1, -0.05) is 30.3 Å². The van der Waals surface area contributed by atoms with Crippen LogP contribution >= 0.6 is 11.3 Å². The molecule has 0 aliphatic rings. The van der Waals surface area contributed by atoms with E-state index in [0.29, 0.717) is 24.9 Å². The molecule has 0 aliphatic heterocycles. The Hall–Kier alpha value is -2.02. The zero-order chi connectivity index (χ0) is 14.7. The van der Waals surface area contributed by atoms with E-state index in [1.54, 1.807) is 11.3 Å². The third-order valence-corrected chi connectivity index (χ3v) is 4.01. The summed E-state index contributed by atoms with van der Waals surface area (Å²) in [7, 11) is 0. The van der Waals surface area contributed by atoms with Crippen molar-refractivity contribution in [3.8, 4) is 11.1 Å². The molecule has 0 fully saturated rings. The first-order chi connectivity index (χ1) is 10.3. The minimum atomic E-state index is 0.389. The Morgan fingerprint density at radius 1 is 1.24 bits per heavy atom. The van der Waals surface area contributed by atoms with Gasteiger partial charge in [-0.05, 0) is 12.5 Å². The van der Waals surface area contributed by atoms with Crippen LogP contribution in [0.3, 0.4) is 0 Å². The van der Waals surface area contributed by atoms with Gasteiger partial charge in [-0.2, -0.15) is 0 Å². The maximum absolute atomic E-state index is 5.64. The highest BCUT2D eigenvalue weighted by Crippen LogP contribution is 2.36. The Morgan fingerprint density at radius 3 is 2.76 bits per heavy atom. The number of aromatic nitrogens is 2. The van der Waals surface area contributed by atoms with Crippen molar-refractivity contribution in [1.82, 2.24) is 9.97 Å². The molecule has 21 heavy (non-hydrogen) atoms. The molecule has 0 bridgehead atoms. The largest absolute Gasteiger partial charge is 0.374 e. The molecule has 2 heterocycles. The quantitative estimate of drug-likeness (QED) is 0.559. The summed E-state index contributed by atoms with van der Waals surface area (Å²) in [6.45, 7) is 2.96. The Kier molecular flexibility index (Phi) is 4.10. The van der Waals surface area contributed by atoms with Crippen LogP contribution in [0.15, 0.2) is 35.7 Å². The fourth-order valence-electron chi connectivity index (χ4n) is 2.18. The summed E-state index contributed by atoms with van der Waals surface area (Å²) in [5, 5.41) is 3.04. The van der Waals surface area contributed by atoms with Crippen LogP contribution in [0.25, 0.3) is 21.3 Å². The highest BCUT2D eigenvalue weighted by molar-refractivity contribution is 7.17. The van der Waals surface area contributed by atoms with Crippen molar-refractivity contribution in [2.45, 2.75) is 13.5 Å². The van der Waals surface area contributed by atoms with Gasteiger partial charge >= 0.3 is 0 Å². The van der Waals surface area contributed by atoms with E-state index in [2.05, 4.69) is 32.9 Å². The smallest absolute Gasteiger partial charge is 0.158 e. The van der Waals surface area contributed by atoms with Crippen molar-refractivity contribution in [3.05, 3.63) is 41.5 Å². The average molecular weight is 300 g/mol. The summed E-state index contributed by atoms with van der Waals surface area (Å²) in [5.41, 5.74) is 4.90. The molecule has 2 aromatic heterocycles. The summed E-state index contributed by atoms with van der Waals surface area (Å²) in [6, 6.07) is 10.2. The average Bonchev–Trinajstić information content (AvgIpc) is 2.97. The summed E-state index contributed by atoms with van der Waals surface area (Å²) in [4.78, 5) is 9.91. The molecule has 0 radical (unpaired) electrons. The molecule has 0 spiro atoms. The first kappa shape index (κ1) is 13.9. The molecule has 3 N–H and O–H groups in total. The number of anilines is 1. The van der Waals surface area contributed by atoms with Crippen molar-refractivity contribution >= 4 is 27.4 Å². The minimum Gasteiger partial charge on any atom is -0.374 e. The van der Waals surface area contributed by atoms with E-state index in [1.807, 2.05) is 25.1 Å². The lowest BCUT2D eigenvalue weighted by Crippen LogP contribution is -2.11.